The number of hydrogen-bond donors (Lipinski definition) is 3. The van der Waals surface area contributed by atoms with E-state index in [9.17, 15) is 9.59 Å². The van der Waals surface area contributed by atoms with Gasteiger partial charge in [0, 0.05) is 12.2 Å². The molecule has 8 nitrogen and oxygen atoms in total. The highest BCUT2D eigenvalue weighted by molar-refractivity contribution is 5.93. The third-order valence-corrected chi connectivity index (χ3v) is 2.84. The summed E-state index contributed by atoms with van der Waals surface area (Å²) < 4.78 is 1.38. The molecule has 1 heterocycles. The Hall–Kier alpha value is -2.74. The smallest absolute Gasteiger partial charge is 0.335 e. The Morgan fingerprint density at radius 3 is 2.76 bits per heavy atom. The number of carboxylic acid groups (broad SMARTS) is 1. The van der Waals surface area contributed by atoms with Gasteiger partial charge in [0.1, 0.15) is 6.54 Å². The number of nitrogens with zero attached hydrogens (tertiary/aromatic N) is 3. The van der Waals surface area contributed by atoms with Gasteiger partial charge in [-0.2, -0.15) is 0 Å². The number of amides is 1. The van der Waals surface area contributed by atoms with Gasteiger partial charge in [0.2, 0.25) is 5.91 Å². The van der Waals surface area contributed by atoms with Crippen LogP contribution in [0.5, 0.6) is 0 Å². The van der Waals surface area contributed by atoms with Crippen LogP contribution in [0.3, 0.4) is 0 Å². The number of nitrogens with one attached hydrogen (secondary N) is 1. The molecule has 21 heavy (non-hydrogen) atoms. The molecule has 0 saturated heterocycles. The molecule has 1 amide bonds. The van der Waals surface area contributed by atoms with Gasteiger partial charge in [-0.1, -0.05) is 5.21 Å². The van der Waals surface area contributed by atoms with E-state index < -0.39 is 5.97 Å². The zero-order valence-electron chi connectivity index (χ0n) is 11.4. The number of carbonyl (C=O) groups excluding carboxylic acids is 1. The molecular weight excluding hydrogens is 274 g/mol. The van der Waals surface area contributed by atoms with E-state index in [1.807, 2.05) is 0 Å². The van der Waals surface area contributed by atoms with E-state index in [4.69, 9.17) is 10.8 Å². The lowest BCUT2D eigenvalue weighted by Gasteiger charge is -2.07. The van der Waals surface area contributed by atoms with Crippen molar-refractivity contribution in [3.8, 4) is 0 Å². The third kappa shape index (κ3) is 3.63. The van der Waals surface area contributed by atoms with E-state index in [0.29, 0.717) is 16.9 Å². The maximum Gasteiger partial charge on any atom is 0.335 e. The fourth-order valence-corrected chi connectivity index (χ4v) is 1.84. The lowest BCUT2D eigenvalue weighted by atomic mass is 10.1. The standard InChI is InChI=1S/C13H15N5O3/c1-8-4-9(2-3-11(8)13(20)21)15-12(19)7-18-6-10(5-14)16-17-18/h2-4,6H,5,7,14H2,1H3,(H,15,19)(H,20,21). The molecule has 0 atom stereocenters. The van der Waals surface area contributed by atoms with Gasteiger partial charge >= 0.3 is 5.97 Å². The van der Waals surface area contributed by atoms with Gasteiger partial charge in [-0.15, -0.1) is 5.10 Å². The highest BCUT2D eigenvalue weighted by Crippen LogP contribution is 2.15. The molecule has 0 fully saturated rings. The average molecular weight is 289 g/mol. The third-order valence-electron chi connectivity index (χ3n) is 2.84. The maximum absolute atomic E-state index is 11.9. The van der Waals surface area contributed by atoms with Crippen molar-refractivity contribution in [2.75, 3.05) is 5.32 Å². The highest BCUT2D eigenvalue weighted by atomic mass is 16.4. The summed E-state index contributed by atoms with van der Waals surface area (Å²) >= 11 is 0. The minimum Gasteiger partial charge on any atom is -0.478 e. The molecular formula is C13H15N5O3. The normalized spacial score (nSPS) is 10.4. The van der Waals surface area contributed by atoms with Crippen LogP contribution >= 0.6 is 0 Å². The van der Waals surface area contributed by atoms with E-state index in [0.717, 1.165) is 0 Å². The average Bonchev–Trinajstić information content (AvgIpc) is 2.85. The predicted octanol–water partition coefficient (Wildman–Crippen LogP) is 0.382. The number of aryl methyl sites for hydroxylation is 1. The molecule has 0 aliphatic carbocycles. The van der Waals surface area contributed by atoms with Gasteiger partial charge in [0.05, 0.1) is 17.5 Å². The first kappa shape index (κ1) is 14.7. The topological polar surface area (TPSA) is 123 Å². The number of rotatable bonds is 5. The quantitative estimate of drug-likeness (QED) is 0.731. The summed E-state index contributed by atoms with van der Waals surface area (Å²) in [5.41, 5.74) is 7.32. The Bertz CT molecular complexity index is 680. The van der Waals surface area contributed by atoms with Crippen molar-refractivity contribution in [3.05, 3.63) is 41.2 Å². The molecule has 4 N–H and O–H groups in total. The summed E-state index contributed by atoms with van der Waals surface area (Å²) in [6, 6.07) is 4.60. The van der Waals surface area contributed by atoms with E-state index in [1.54, 1.807) is 25.3 Å². The molecule has 0 bridgehead atoms. The number of nitrogens with two attached hydrogens (primary N) is 1. The van der Waals surface area contributed by atoms with Crippen molar-refractivity contribution in [2.45, 2.75) is 20.0 Å². The number of benzene rings is 1. The van der Waals surface area contributed by atoms with E-state index in [2.05, 4.69) is 15.6 Å². The molecule has 0 aliphatic rings. The molecule has 8 heteroatoms. The van der Waals surface area contributed by atoms with Crippen molar-refractivity contribution >= 4 is 17.6 Å². The molecule has 1 aromatic carbocycles. The van der Waals surface area contributed by atoms with Crippen molar-refractivity contribution < 1.29 is 14.7 Å². The number of aromatic nitrogens is 3. The van der Waals surface area contributed by atoms with Gasteiger partial charge in [0.15, 0.2) is 0 Å². The van der Waals surface area contributed by atoms with Crippen LogP contribution < -0.4 is 11.1 Å². The molecule has 0 aliphatic heterocycles. The lowest BCUT2D eigenvalue weighted by molar-refractivity contribution is -0.116. The predicted molar refractivity (Wildman–Crippen MR) is 74.7 cm³/mol. The van der Waals surface area contributed by atoms with Crippen LogP contribution in [-0.4, -0.2) is 32.0 Å². The van der Waals surface area contributed by atoms with Crippen molar-refractivity contribution in [2.24, 2.45) is 5.73 Å². The molecule has 1 aromatic heterocycles. The Balaban J connectivity index is 2.02. The first-order valence-corrected chi connectivity index (χ1v) is 6.22. The summed E-state index contributed by atoms with van der Waals surface area (Å²) in [6.45, 7) is 1.94. The summed E-state index contributed by atoms with van der Waals surface area (Å²) in [5.74, 6) is -1.28. The van der Waals surface area contributed by atoms with Crippen LogP contribution in [0.15, 0.2) is 24.4 Å². The maximum atomic E-state index is 11.9. The molecule has 2 aromatic rings. The summed E-state index contributed by atoms with van der Waals surface area (Å²) in [5, 5.41) is 19.2. The Morgan fingerprint density at radius 1 is 1.43 bits per heavy atom. The first-order valence-electron chi connectivity index (χ1n) is 6.22. The van der Waals surface area contributed by atoms with Crippen LogP contribution in [0, 0.1) is 6.92 Å². The zero-order valence-corrected chi connectivity index (χ0v) is 11.4. The van der Waals surface area contributed by atoms with Crippen LogP contribution in [0.1, 0.15) is 21.6 Å². The first-order chi connectivity index (χ1) is 9.99. The Kier molecular flexibility index (Phi) is 4.29. The van der Waals surface area contributed by atoms with Crippen molar-refractivity contribution in [1.82, 2.24) is 15.0 Å². The van der Waals surface area contributed by atoms with Crippen LogP contribution in [-0.2, 0) is 17.9 Å². The van der Waals surface area contributed by atoms with Gasteiger partial charge in [-0.3, -0.25) is 4.79 Å². The number of hydrogen-bond acceptors (Lipinski definition) is 5. The largest absolute Gasteiger partial charge is 0.478 e. The number of carboxylic acids is 1. The van der Waals surface area contributed by atoms with Crippen molar-refractivity contribution in [3.63, 3.8) is 0 Å². The minimum atomic E-state index is -0.998. The molecule has 0 saturated carbocycles. The molecule has 2 rings (SSSR count). The molecule has 110 valence electrons. The van der Waals surface area contributed by atoms with Gasteiger partial charge in [-0.25, -0.2) is 9.48 Å². The van der Waals surface area contributed by atoms with Gasteiger partial charge < -0.3 is 16.2 Å². The lowest BCUT2D eigenvalue weighted by Crippen LogP contribution is -2.19. The minimum absolute atomic E-state index is 0.00668. The summed E-state index contributed by atoms with van der Waals surface area (Å²) in [4.78, 5) is 22.8. The van der Waals surface area contributed by atoms with Crippen molar-refractivity contribution in [1.29, 1.82) is 0 Å². The number of carbonyl (C=O) groups is 2. The van der Waals surface area contributed by atoms with Gasteiger partial charge in [-0.05, 0) is 30.7 Å². The second-order valence-electron chi connectivity index (χ2n) is 4.49. The molecule has 0 unspecified atom stereocenters. The molecule has 0 radical (unpaired) electrons. The molecule has 0 spiro atoms. The van der Waals surface area contributed by atoms with Crippen LogP contribution in [0.25, 0.3) is 0 Å². The fraction of sp³-hybridized carbons (Fsp3) is 0.231. The Labute approximate surface area is 120 Å². The number of anilines is 1. The zero-order chi connectivity index (χ0) is 15.4. The monoisotopic (exact) mass is 289 g/mol. The van der Waals surface area contributed by atoms with Gasteiger partial charge in [0.25, 0.3) is 0 Å². The fourth-order valence-electron chi connectivity index (χ4n) is 1.84. The highest BCUT2D eigenvalue weighted by Gasteiger charge is 2.10. The Morgan fingerprint density at radius 2 is 2.19 bits per heavy atom. The van der Waals surface area contributed by atoms with E-state index >= 15 is 0 Å². The summed E-state index contributed by atoms with van der Waals surface area (Å²) in [7, 11) is 0. The van der Waals surface area contributed by atoms with Crippen LogP contribution in [0.2, 0.25) is 0 Å². The second-order valence-corrected chi connectivity index (χ2v) is 4.49. The second kappa shape index (κ2) is 6.14. The van der Waals surface area contributed by atoms with Crippen LogP contribution in [0.4, 0.5) is 5.69 Å². The van der Waals surface area contributed by atoms with E-state index in [1.165, 1.54) is 10.7 Å². The summed E-state index contributed by atoms with van der Waals surface area (Å²) in [6.07, 6.45) is 1.60. The van der Waals surface area contributed by atoms with E-state index in [-0.39, 0.29) is 24.6 Å². The number of aromatic carboxylic acids is 1. The SMILES string of the molecule is Cc1cc(NC(=O)Cn2cc(CN)nn2)ccc1C(=O)O.